The van der Waals surface area contributed by atoms with Crippen LogP contribution in [0.2, 0.25) is 0 Å². The molecule has 2 atom stereocenters. The molecular formula is C9H17NO3. The van der Waals surface area contributed by atoms with Crippen LogP contribution in [0, 0.1) is 11.8 Å². The monoisotopic (exact) mass is 187 g/mol. The van der Waals surface area contributed by atoms with E-state index in [9.17, 15) is 4.79 Å². The molecule has 0 aromatic carbocycles. The minimum atomic E-state index is -0.102. The summed E-state index contributed by atoms with van der Waals surface area (Å²) in [7, 11) is 1.65. The standard InChI is InChI=1S/C9H17NO3/c1-3-13-9(11)8-5-10-4-7(8)6-12-2/h7-8,10H,3-6H2,1-2H3/t7-,8+/m0/s1. The van der Waals surface area contributed by atoms with E-state index in [-0.39, 0.29) is 17.8 Å². The quantitative estimate of drug-likeness (QED) is 0.631. The number of hydrogen-bond acceptors (Lipinski definition) is 4. The lowest BCUT2D eigenvalue weighted by Gasteiger charge is -2.15. The summed E-state index contributed by atoms with van der Waals surface area (Å²) in [6.45, 7) is 4.46. The molecule has 0 spiro atoms. The summed E-state index contributed by atoms with van der Waals surface area (Å²) in [6.07, 6.45) is 0. The number of ether oxygens (including phenoxy) is 2. The molecule has 0 unspecified atom stereocenters. The summed E-state index contributed by atoms with van der Waals surface area (Å²) in [4.78, 5) is 11.4. The van der Waals surface area contributed by atoms with Gasteiger partial charge in [-0.3, -0.25) is 4.79 Å². The zero-order valence-electron chi connectivity index (χ0n) is 8.21. The maximum absolute atomic E-state index is 11.4. The van der Waals surface area contributed by atoms with Gasteiger partial charge in [0, 0.05) is 26.1 Å². The van der Waals surface area contributed by atoms with Crippen LogP contribution in [0.3, 0.4) is 0 Å². The molecule has 1 aliphatic rings. The topological polar surface area (TPSA) is 47.6 Å². The lowest BCUT2D eigenvalue weighted by molar-refractivity contribution is -0.149. The second-order valence-corrected chi connectivity index (χ2v) is 3.23. The number of hydrogen-bond donors (Lipinski definition) is 1. The van der Waals surface area contributed by atoms with Crippen molar-refractivity contribution in [2.45, 2.75) is 6.92 Å². The number of nitrogens with one attached hydrogen (secondary N) is 1. The van der Waals surface area contributed by atoms with Crippen LogP contribution in [0.4, 0.5) is 0 Å². The zero-order valence-corrected chi connectivity index (χ0v) is 8.21. The Balaban J connectivity index is 2.42. The largest absolute Gasteiger partial charge is 0.466 e. The van der Waals surface area contributed by atoms with Crippen LogP contribution in [0.5, 0.6) is 0 Å². The highest BCUT2D eigenvalue weighted by Gasteiger charge is 2.33. The van der Waals surface area contributed by atoms with Crippen molar-refractivity contribution < 1.29 is 14.3 Å². The normalized spacial score (nSPS) is 27.5. The van der Waals surface area contributed by atoms with E-state index in [2.05, 4.69) is 5.32 Å². The van der Waals surface area contributed by atoms with E-state index >= 15 is 0 Å². The summed E-state index contributed by atoms with van der Waals surface area (Å²) < 4.78 is 10.0. The fraction of sp³-hybridized carbons (Fsp3) is 0.889. The molecule has 1 fully saturated rings. The van der Waals surface area contributed by atoms with Gasteiger partial charge in [0.05, 0.1) is 19.1 Å². The first-order valence-corrected chi connectivity index (χ1v) is 4.65. The van der Waals surface area contributed by atoms with Crippen molar-refractivity contribution in [1.29, 1.82) is 0 Å². The highest BCUT2D eigenvalue weighted by atomic mass is 16.5. The molecule has 13 heavy (non-hydrogen) atoms. The fourth-order valence-corrected chi connectivity index (χ4v) is 1.65. The molecule has 0 radical (unpaired) electrons. The third kappa shape index (κ3) is 2.67. The number of esters is 1. The molecule has 1 heterocycles. The Morgan fingerprint density at radius 3 is 2.92 bits per heavy atom. The Morgan fingerprint density at radius 2 is 2.31 bits per heavy atom. The Kier molecular flexibility index (Phi) is 4.18. The fourth-order valence-electron chi connectivity index (χ4n) is 1.65. The molecular weight excluding hydrogens is 170 g/mol. The first kappa shape index (κ1) is 10.5. The van der Waals surface area contributed by atoms with Crippen LogP contribution >= 0.6 is 0 Å². The van der Waals surface area contributed by atoms with Gasteiger partial charge in [0.1, 0.15) is 0 Å². The molecule has 1 rings (SSSR count). The maximum atomic E-state index is 11.4. The second kappa shape index (κ2) is 5.19. The number of carbonyl (C=O) groups excluding carboxylic acids is 1. The van der Waals surface area contributed by atoms with E-state index in [1.807, 2.05) is 6.92 Å². The zero-order chi connectivity index (χ0) is 9.68. The lowest BCUT2D eigenvalue weighted by atomic mass is 9.97. The van der Waals surface area contributed by atoms with E-state index in [0.717, 1.165) is 6.54 Å². The van der Waals surface area contributed by atoms with E-state index in [1.54, 1.807) is 7.11 Å². The molecule has 1 saturated heterocycles. The van der Waals surface area contributed by atoms with Crippen LogP contribution in [0.15, 0.2) is 0 Å². The maximum Gasteiger partial charge on any atom is 0.310 e. The molecule has 0 saturated carbocycles. The summed E-state index contributed by atoms with van der Waals surface area (Å²) in [5.74, 6) is 0.137. The van der Waals surface area contributed by atoms with Crippen LogP contribution < -0.4 is 5.32 Å². The smallest absolute Gasteiger partial charge is 0.310 e. The molecule has 1 N–H and O–H groups in total. The minimum Gasteiger partial charge on any atom is -0.466 e. The second-order valence-electron chi connectivity index (χ2n) is 3.23. The highest BCUT2D eigenvalue weighted by Crippen LogP contribution is 2.18. The summed E-state index contributed by atoms with van der Waals surface area (Å²) in [5.41, 5.74) is 0. The summed E-state index contributed by atoms with van der Waals surface area (Å²) in [5, 5.41) is 3.17. The molecule has 0 aromatic rings. The molecule has 0 aromatic heterocycles. The number of rotatable bonds is 4. The van der Waals surface area contributed by atoms with Crippen molar-refractivity contribution in [3.05, 3.63) is 0 Å². The Hall–Kier alpha value is -0.610. The average Bonchev–Trinajstić information content (AvgIpc) is 2.54. The Morgan fingerprint density at radius 1 is 1.54 bits per heavy atom. The van der Waals surface area contributed by atoms with Crippen molar-refractivity contribution in [1.82, 2.24) is 5.32 Å². The summed E-state index contributed by atoms with van der Waals surface area (Å²) in [6, 6.07) is 0. The Bertz CT molecular complexity index is 172. The minimum absolute atomic E-state index is 0.0279. The first-order valence-electron chi connectivity index (χ1n) is 4.65. The third-order valence-electron chi connectivity index (χ3n) is 2.31. The van der Waals surface area contributed by atoms with Gasteiger partial charge in [0.2, 0.25) is 0 Å². The van der Waals surface area contributed by atoms with Crippen molar-refractivity contribution in [3.63, 3.8) is 0 Å². The van der Waals surface area contributed by atoms with E-state index < -0.39 is 0 Å². The molecule has 4 heteroatoms. The average molecular weight is 187 g/mol. The van der Waals surface area contributed by atoms with Gasteiger partial charge in [-0.25, -0.2) is 0 Å². The van der Waals surface area contributed by atoms with Crippen molar-refractivity contribution >= 4 is 5.97 Å². The molecule has 0 aliphatic carbocycles. The van der Waals surface area contributed by atoms with Crippen LogP contribution in [0.1, 0.15) is 6.92 Å². The van der Waals surface area contributed by atoms with Crippen molar-refractivity contribution in [3.8, 4) is 0 Å². The van der Waals surface area contributed by atoms with Gasteiger partial charge in [-0.05, 0) is 6.92 Å². The predicted octanol–water partition coefficient (Wildman–Crippen LogP) is 0.0315. The van der Waals surface area contributed by atoms with E-state index in [4.69, 9.17) is 9.47 Å². The van der Waals surface area contributed by atoms with Gasteiger partial charge in [-0.1, -0.05) is 0 Å². The van der Waals surface area contributed by atoms with Gasteiger partial charge < -0.3 is 14.8 Å². The first-order chi connectivity index (χ1) is 6.29. The molecule has 76 valence electrons. The third-order valence-corrected chi connectivity index (χ3v) is 2.31. The van der Waals surface area contributed by atoms with Crippen molar-refractivity contribution in [2.24, 2.45) is 11.8 Å². The molecule has 0 amide bonds. The van der Waals surface area contributed by atoms with Gasteiger partial charge in [-0.2, -0.15) is 0 Å². The highest BCUT2D eigenvalue weighted by molar-refractivity contribution is 5.73. The SMILES string of the molecule is CCOC(=O)[C@@H]1CNC[C@H]1COC. The van der Waals surface area contributed by atoms with Crippen LogP contribution in [-0.2, 0) is 14.3 Å². The molecule has 4 nitrogen and oxygen atoms in total. The van der Waals surface area contributed by atoms with Crippen LogP contribution in [0.25, 0.3) is 0 Å². The lowest BCUT2D eigenvalue weighted by Crippen LogP contribution is -2.27. The Labute approximate surface area is 78.6 Å². The van der Waals surface area contributed by atoms with E-state index in [1.165, 1.54) is 0 Å². The van der Waals surface area contributed by atoms with Gasteiger partial charge in [-0.15, -0.1) is 0 Å². The predicted molar refractivity (Wildman–Crippen MR) is 48.4 cm³/mol. The molecule has 1 aliphatic heterocycles. The van der Waals surface area contributed by atoms with Crippen molar-refractivity contribution in [2.75, 3.05) is 33.4 Å². The van der Waals surface area contributed by atoms with Gasteiger partial charge in [0.25, 0.3) is 0 Å². The molecule has 0 bridgehead atoms. The van der Waals surface area contributed by atoms with E-state index in [0.29, 0.717) is 19.8 Å². The van der Waals surface area contributed by atoms with Gasteiger partial charge in [0.15, 0.2) is 0 Å². The number of carbonyl (C=O) groups is 1. The van der Waals surface area contributed by atoms with Gasteiger partial charge >= 0.3 is 5.97 Å². The summed E-state index contributed by atoms with van der Waals surface area (Å²) >= 11 is 0. The number of methoxy groups -OCH3 is 1. The van der Waals surface area contributed by atoms with Crippen LogP contribution in [-0.4, -0.2) is 39.4 Å².